The highest BCUT2D eigenvalue weighted by Crippen LogP contribution is 2.38. The van der Waals surface area contributed by atoms with E-state index in [2.05, 4.69) is 6.07 Å². The normalized spacial score (nSPS) is 19.3. The first-order valence-corrected chi connectivity index (χ1v) is 10.2. The van der Waals surface area contributed by atoms with Crippen LogP contribution in [-0.2, 0) is 11.2 Å². The van der Waals surface area contributed by atoms with Gasteiger partial charge in [-0.3, -0.25) is 4.79 Å². The summed E-state index contributed by atoms with van der Waals surface area (Å²) in [6.07, 6.45) is 1.30. The summed E-state index contributed by atoms with van der Waals surface area (Å²) in [6.45, 7) is 1.78. The lowest BCUT2D eigenvalue weighted by molar-refractivity contribution is -0.130. The van der Waals surface area contributed by atoms with Crippen LogP contribution in [0.3, 0.4) is 0 Å². The second-order valence-corrected chi connectivity index (χ2v) is 8.13. The van der Waals surface area contributed by atoms with E-state index in [1.807, 2.05) is 53.1 Å². The van der Waals surface area contributed by atoms with E-state index < -0.39 is 0 Å². The van der Waals surface area contributed by atoms with Crippen molar-refractivity contribution >= 4 is 29.3 Å². The third kappa shape index (κ3) is 3.79. The molecule has 0 spiro atoms. The highest BCUT2D eigenvalue weighted by molar-refractivity contribution is 7.99. The molecule has 0 aromatic heterocycles. The van der Waals surface area contributed by atoms with Crippen LogP contribution in [0.5, 0.6) is 11.5 Å². The lowest BCUT2D eigenvalue weighted by Crippen LogP contribution is -2.34. The Morgan fingerprint density at radius 2 is 2.00 bits per heavy atom. The Labute approximate surface area is 162 Å². The first-order chi connectivity index (χ1) is 12.7. The summed E-state index contributed by atoms with van der Waals surface area (Å²) in [5.74, 6) is 2.54. The molecule has 1 atom stereocenters. The Kier molecular flexibility index (Phi) is 5.27. The lowest BCUT2D eigenvalue weighted by Gasteiger charge is -2.20. The molecule has 2 aliphatic heterocycles. The number of ether oxygens (including phenoxy) is 2. The van der Waals surface area contributed by atoms with Gasteiger partial charge in [0.15, 0.2) is 11.5 Å². The summed E-state index contributed by atoms with van der Waals surface area (Å²) in [4.78, 5) is 14.7. The summed E-state index contributed by atoms with van der Waals surface area (Å²) < 4.78 is 10.7. The van der Waals surface area contributed by atoms with Gasteiger partial charge in [-0.25, -0.2) is 0 Å². The second-order valence-electron chi connectivity index (χ2n) is 6.41. The topological polar surface area (TPSA) is 38.8 Å². The monoisotopic (exact) mass is 389 g/mol. The number of thioether (sulfide) groups is 1. The number of nitrogens with zero attached hydrogens (tertiary/aromatic N) is 1. The molecule has 26 heavy (non-hydrogen) atoms. The molecule has 6 heteroatoms. The van der Waals surface area contributed by atoms with Crippen molar-refractivity contribution in [2.24, 2.45) is 0 Å². The number of carbonyl (C=O) groups is 1. The molecule has 2 aliphatic rings. The number of hydrogen-bond donors (Lipinski definition) is 0. The zero-order chi connectivity index (χ0) is 17.9. The largest absolute Gasteiger partial charge is 0.454 e. The van der Waals surface area contributed by atoms with E-state index in [0.717, 1.165) is 47.3 Å². The number of fused-ring (bicyclic) bond motifs is 1. The molecular formula is C20H20ClNO3S. The van der Waals surface area contributed by atoms with E-state index in [1.54, 1.807) is 0 Å². The van der Waals surface area contributed by atoms with Gasteiger partial charge < -0.3 is 14.4 Å². The van der Waals surface area contributed by atoms with Crippen molar-refractivity contribution in [2.75, 3.05) is 25.6 Å². The second kappa shape index (κ2) is 7.80. The molecule has 0 aliphatic carbocycles. The SMILES string of the molecule is O=C(Cc1ccc2c(c1)OCO2)N1CCS[C@H](c2ccccc2Cl)CC1. The fourth-order valence-corrected chi connectivity index (χ4v) is 4.94. The quantitative estimate of drug-likeness (QED) is 0.783. The average molecular weight is 390 g/mol. The smallest absolute Gasteiger partial charge is 0.231 e. The minimum Gasteiger partial charge on any atom is -0.454 e. The number of benzene rings is 2. The zero-order valence-corrected chi connectivity index (χ0v) is 15.9. The fourth-order valence-electron chi connectivity index (χ4n) is 3.34. The van der Waals surface area contributed by atoms with Crippen LogP contribution in [-0.4, -0.2) is 36.4 Å². The minimum atomic E-state index is 0.157. The Morgan fingerprint density at radius 1 is 1.15 bits per heavy atom. The van der Waals surface area contributed by atoms with E-state index in [9.17, 15) is 4.79 Å². The van der Waals surface area contributed by atoms with Gasteiger partial charge in [0.1, 0.15) is 0 Å². The van der Waals surface area contributed by atoms with Crippen LogP contribution in [0.15, 0.2) is 42.5 Å². The molecule has 2 aromatic rings. The number of halogens is 1. The third-order valence-corrected chi connectivity index (χ3v) is 6.39. The van der Waals surface area contributed by atoms with Crippen molar-refractivity contribution in [3.05, 3.63) is 58.6 Å². The van der Waals surface area contributed by atoms with Crippen molar-refractivity contribution in [3.63, 3.8) is 0 Å². The summed E-state index contributed by atoms with van der Waals surface area (Å²) in [5.41, 5.74) is 2.13. The molecule has 0 unspecified atom stereocenters. The number of amides is 1. The van der Waals surface area contributed by atoms with Crippen molar-refractivity contribution in [2.45, 2.75) is 18.1 Å². The van der Waals surface area contributed by atoms with E-state index in [-0.39, 0.29) is 12.7 Å². The maximum Gasteiger partial charge on any atom is 0.231 e. The Balaban J connectivity index is 1.39. The highest BCUT2D eigenvalue weighted by atomic mass is 35.5. The maximum atomic E-state index is 12.7. The van der Waals surface area contributed by atoms with Crippen LogP contribution in [0.25, 0.3) is 0 Å². The van der Waals surface area contributed by atoms with Gasteiger partial charge in [0.2, 0.25) is 12.7 Å². The van der Waals surface area contributed by atoms with Crippen molar-refractivity contribution in [3.8, 4) is 11.5 Å². The Bertz CT molecular complexity index is 813. The van der Waals surface area contributed by atoms with E-state index in [4.69, 9.17) is 21.1 Å². The lowest BCUT2D eigenvalue weighted by atomic mass is 10.1. The van der Waals surface area contributed by atoms with Gasteiger partial charge in [0, 0.05) is 29.1 Å². The molecule has 4 nitrogen and oxygen atoms in total. The molecule has 1 fully saturated rings. The molecule has 2 heterocycles. The number of hydrogen-bond acceptors (Lipinski definition) is 4. The van der Waals surface area contributed by atoms with Gasteiger partial charge in [-0.15, -0.1) is 0 Å². The van der Waals surface area contributed by atoms with Gasteiger partial charge in [-0.1, -0.05) is 35.9 Å². The van der Waals surface area contributed by atoms with E-state index >= 15 is 0 Å². The Hall–Kier alpha value is -1.85. The molecule has 0 saturated carbocycles. The molecule has 0 N–H and O–H groups in total. The first kappa shape index (κ1) is 17.6. The van der Waals surface area contributed by atoms with Gasteiger partial charge in [-0.05, 0) is 35.7 Å². The average Bonchev–Trinajstić information content (AvgIpc) is 2.97. The summed E-state index contributed by atoms with van der Waals surface area (Å²) >= 11 is 8.23. The molecule has 4 rings (SSSR count). The maximum absolute atomic E-state index is 12.7. The summed E-state index contributed by atoms with van der Waals surface area (Å²) in [7, 11) is 0. The van der Waals surface area contributed by atoms with Crippen LogP contribution >= 0.6 is 23.4 Å². The van der Waals surface area contributed by atoms with Crippen molar-refractivity contribution in [1.29, 1.82) is 0 Å². The van der Waals surface area contributed by atoms with Gasteiger partial charge in [0.05, 0.1) is 6.42 Å². The molecule has 0 bridgehead atoms. The van der Waals surface area contributed by atoms with Gasteiger partial charge in [-0.2, -0.15) is 11.8 Å². The predicted molar refractivity (Wildman–Crippen MR) is 104 cm³/mol. The third-order valence-electron chi connectivity index (χ3n) is 4.74. The number of rotatable bonds is 3. The van der Waals surface area contributed by atoms with Crippen molar-refractivity contribution in [1.82, 2.24) is 4.90 Å². The van der Waals surface area contributed by atoms with Crippen LogP contribution in [0.2, 0.25) is 5.02 Å². The fraction of sp³-hybridized carbons (Fsp3) is 0.350. The van der Waals surface area contributed by atoms with Gasteiger partial charge >= 0.3 is 0 Å². The van der Waals surface area contributed by atoms with Crippen LogP contribution in [0.1, 0.15) is 22.8 Å². The predicted octanol–water partition coefficient (Wildman–Crippen LogP) is 4.32. The van der Waals surface area contributed by atoms with E-state index in [0.29, 0.717) is 11.7 Å². The summed E-state index contributed by atoms with van der Waals surface area (Å²) in [5, 5.41) is 1.15. The van der Waals surface area contributed by atoms with Crippen LogP contribution in [0.4, 0.5) is 0 Å². The first-order valence-electron chi connectivity index (χ1n) is 8.73. The van der Waals surface area contributed by atoms with Crippen molar-refractivity contribution < 1.29 is 14.3 Å². The highest BCUT2D eigenvalue weighted by Gasteiger charge is 2.24. The minimum absolute atomic E-state index is 0.157. The zero-order valence-electron chi connectivity index (χ0n) is 14.3. The van der Waals surface area contributed by atoms with Gasteiger partial charge in [0.25, 0.3) is 0 Å². The molecule has 1 saturated heterocycles. The summed E-state index contributed by atoms with van der Waals surface area (Å²) in [6, 6.07) is 13.7. The van der Waals surface area contributed by atoms with Crippen LogP contribution in [0, 0.1) is 0 Å². The standard InChI is InChI=1S/C20H20ClNO3S/c21-16-4-2-1-3-15(16)19-7-8-22(9-10-26-19)20(23)12-14-5-6-17-18(11-14)25-13-24-17/h1-6,11,19H,7-10,12-13H2/t19-/m0/s1. The Morgan fingerprint density at radius 3 is 2.88 bits per heavy atom. The van der Waals surface area contributed by atoms with E-state index in [1.165, 1.54) is 5.56 Å². The molecule has 1 amide bonds. The molecule has 2 aromatic carbocycles. The molecular weight excluding hydrogens is 370 g/mol. The van der Waals surface area contributed by atoms with Crippen LogP contribution < -0.4 is 9.47 Å². The molecule has 0 radical (unpaired) electrons. The number of carbonyl (C=O) groups excluding carboxylic acids is 1. The molecule has 136 valence electrons.